The fraction of sp³-hybridized carbons (Fsp3) is 0.120. The minimum atomic E-state index is -1.13. The molecule has 0 saturated heterocycles. The third-order valence-electron chi connectivity index (χ3n) is 4.81. The highest BCUT2D eigenvalue weighted by molar-refractivity contribution is 6.30. The Bertz CT molecular complexity index is 1310. The number of halogens is 1. The predicted molar refractivity (Wildman–Crippen MR) is 123 cm³/mol. The Hall–Kier alpha value is -3.57. The summed E-state index contributed by atoms with van der Waals surface area (Å²) in [6.45, 7) is 3.36. The average molecular weight is 434 g/mol. The van der Waals surface area contributed by atoms with Gasteiger partial charge in [-0.2, -0.15) is 0 Å². The van der Waals surface area contributed by atoms with Crippen LogP contribution in [0.4, 0.5) is 5.69 Å². The lowest BCUT2D eigenvalue weighted by atomic mass is 10.0. The smallest absolute Gasteiger partial charge is 0.344 e. The molecule has 6 heteroatoms. The molecule has 156 valence electrons. The van der Waals surface area contributed by atoms with Crippen molar-refractivity contribution in [2.75, 3.05) is 5.32 Å². The van der Waals surface area contributed by atoms with Crippen molar-refractivity contribution < 1.29 is 13.9 Å². The number of anilines is 1. The fourth-order valence-electron chi connectivity index (χ4n) is 3.15. The van der Waals surface area contributed by atoms with Crippen molar-refractivity contribution in [3.8, 4) is 16.9 Å². The van der Waals surface area contributed by atoms with Gasteiger partial charge in [-0.3, -0.25) is 4.79 Å². The summed E-state index contributed by atoms with van der Waals surface area (Å²) in [5.41, 5.74) is 0.574. The summed E-state index contributed by atoms with van der Waals surface area (Å²) in [5.74, 6) is 0.206. The van der Waals surface area contributed by atoms with Crippen LogP contribution in [-0.4, -0.2) is 11.5 Å². The maximum Gasteiger partial charge on any atom is 0.344 e. The molecule has 1 N–H and O–H groups in total. The van der Waals surface area contributed by atoms with Gasteiger partial charge in [-0.15, -0.1) is 0 Å². The van der Waals surface area contributed by atoms with Crippen molar-refractivity contribution in [3.05, 3.63) is 94.3 Å². The van der Waals surface area contributed by atoms with Crippen LogP contribution in [0.1, 0.15) is 13.8 Å². The van der Waals surface area contributed by atoms with Crippen LogP contribution in [0.25, 0.3) is 22.1 Å². The molecule has 0 aliphatic heterocycles. The number of ether oxygens (including phenoxy) is 1. The van der Waals surface area contributed by atoms with Crippen molar-refractivity contribution in [3.63, 3.8) is 0 Å². The molecule has 0 saturated carbocycles. The Morgan fingerprint density at radius 3 is 2.48 bits per heavy atom. The number of carbonyl (C=O) groups is 1. The highest BCUT2D eigenvalue weighted by atomic mass is 35.5. The zero-order chi connectivity index (χ0) is 22.0. The van der Waals surface area contributed by atoms with E-state index in [1.165, 1.54) is 0 Å². The number of hydrogen-bond donors (Lipinski definition) is 1. The Morgan fingerprint density at radius 1 is 0.968 bits per heavy atom. The lowest BCUT2D eigenvalue weighted by Crippen LogP contribution is -2.42. The molecule has 1 amide bonds. The first kappa shape index (κ1) is 20.7. The normalized spacial score (nSPS) is 11.3. The van der Waals surface area contributed by atoms with Crippen LogP contribution in [0.15, 0.2) is 88.1 Å². The molecule has 1 heterocycles. The molecule has 1 aromatic heterocycles. The summed E-state index contributed by atoms with van der Waals surface area (Å²) in [5, 5.41) is 4.27. The van der Waals surface area contributed by atoms with Gasteiger partial charge >= 0.3 is 5.63 Å². The molecule has 0 unspecified atom stereocenters. The minimum Gasteiger partial charge on any atom is -0.478 e. The third kappa shape index (κ3) is 4.62. The van der Waals surface area contributed by atoms with Gasteiger partial charge in [0.2, 0.25) is 0 Å². The molecule has 0 radical (unpaired) electrons. The van der Waals surface area contributed by atoms with E-state index in [9.17, 15) is 9.59 Å². The molecule has 0 aliphatic carbocycles. The van der Waals surface area contributed by atoms with E-state index in [2.05, 4.69) is 5.32 Å². The standard InChI is InChI=1S/C25H20ClNO4/c1-25(2,31-20-12-10-18(26)11-13-20)24(29)27-19-8-5-7-16(14-19)21-15-17-6-3-4-9-22(17)30-23(21)28/h3-15H,1-2H3,(H,27,29). The van der Waals surface area contributed by atoms with Gasteiger partial charge in [-0.1, -0.05) is 41.9 Å². The molecule has 4 aromatic rings. The first-order valence-electron chi connectivity index (χ1n) is 9.71. The van der Waals surface area contributed by atoms with Crippen LogP contribution >= 0.6 is 11.6 Å². The first-order chi connectivity index (χ1) is 14.8. The SMILES string of the molecule is CC(C)(Oc1ccc(Cl)cc1)C(=O)Nc1cccc(-c2cc3ccccc3oc2=O)c1. The summed E-state index contributed by atoms with van der Waals surface area (Å²) < 4.78 is 11.3. The molecule has 0 aliphatic rings. The summed E-state index contributed by atoms with van der Waals surface area (Å²) in [4.78, 5) is 25.3. The summed E-state index contributed by atoms with van der Waals surface area (Å²) in [6.07, 6.45) is 0. The first-order valence-corrected chi connectivity index (χ1v) is 10.1. The second-order valence-electron chi connectivity index (χ2n) is 7.59. The zero-order valence-corrected chi connectivity index (χ0v) is 17.8. The number of rotatable bonds is 5. The van der Waals surface area contributed by atoms with Crippen LogP contribution in [0.3, 0.4) is 0 Å². The average Bonchev–Trinajstić information content (AvgIpc) is 2.75. The number of fused-ring (bicyclic) bond motifs is 1. The predicted octanol–water partition coefficient (Wildman–Crippen LogP) is 5.91. The summed E-state index contributed by atoms with van der Waals surface area (Å²) in [7, 11) is 0. The van der Waals surface area contributed by atoms with Crippen molar-refractivity contribution in [2.45, 2.75) is 19.4 Å². The number of amides is 1. The topological polar surface area (TPSA) is 68.5 Å². The van der Waals surface area contributed by atoms with Crippen molar-refractivity contribution in [1.29, 1.82) is 0 Å². The van der Waals surface area contributed by atoms with Gasteiger partial charge in [-0.25, -0.2) is 4.79 Å². The van der Waals surface area contributed by atoms with Gasteiger partial charge in [-0.05, 0) is 67.9 Å². The molecule has 4 rings (SSSR count). The van der Waals surface area contributed by atoms with Gasteiger partial charge in [0.05, 0.1) is 5.56 Å². The molecule has 0 atom stereocenters. The largest absolute Gasteiger partial charge is 0.478 e. The Kier molecular flexibility index (Phi) is 5.53. The van der Waals surface area contributed by atoms with E-state index in [4.69, 9.17) is 20.8 Å². The molecule has 0 fully saturated rings. The Balaban J connectivity index is 1.57. The van der Waals surface area contributed by atoms with Crippen LogP contribution in [0.5, 0.6) is 5.75 Å². The van der Waals surface area contributed by atoms with Gasteiger partial charge in [0, 0.05) is 16.1 Å². The number of carbonyl (C=O) groups excluding carboxylic acids is 1. The van der Waals surface area contributed by atoms with Gasteiger partial charge < -0.3 is 14.5 Å². The molecule has 0 spiro atoms. The minimum absolute atomic E-state index is 0.329. The van der Waals surface area contributed by atoms with Gasteiger partial charge in [0.1, 0.15) is 11.3 Å². The van der Waals surface area contributed by atoms with E-state index in [0.29, 0.717) is 33.2 Å². The van der Waals surface area contributed by atoms with Crippen molar-refractivity contribution in [2.24, 2.45) is 0 Å². The quantitative estimate of drug-likeness (QED) is 0.397. The zero-order valence-electron chi connectivity index (χ0n) is 17.0. The van der Waals surface area contributed by atoms with Gasteiger partial charge in [0.15, 0.2) is 5.60 Å². The van der Waals surface area contributed by atoms with Crippen LogP contribution in [-0.2, 0) is 4.79 Å². The fourth-order valence-corrected chi connectivity index (χ4v) is 3.28. The van der Waals surface area contributed by atoms with E-state index in [1.807, 2.05) is 18.2 Å². The molecular formula is C25H20ClNO4. The second kappa shape index (κ2) is 8.28. The number of nitrogens with one attached hydrogen (secondary N) is 1. The number of para-hydroxylation sites is 1. The highest BCUT2D eigenvalue weighted by Crippen LogP contribution is 2.25. The monoisotopic (exact) mass is 433 g/mol. The maximum atomic E-state index is 12.9. The van der Waals surface area contributed by atoms with Crippen molar-refractivity contribution in [1.82, 2.24) is 0 Å². The third-order valence-corrected chi connectivity index (χ3v) is 5.06. The van der Waals surface area contributed by atoms with Crippen LogP contribution < -0.4 is 15.7 Å². The Morgan fingerprint density at radius 2 is 1.71 bits per heavy atom. The van der Waals surface area contributed by atoms with Gasteiger partial charge in [0.25, 0.3) is 5.91 Å². The van der Waals surface area contributed by atoms with E-state index in [-0.39, 0.29) is 5.91 Å². The maximum absolute atomic E-state index is 12.9. The number of benzene rings is 3. The lowest BCUT2D eigenvalue weighted by molar-refractivity contribution is -0.128. The second-order valence-corrected chi connectivity index (χ2v) is 8.02. The lowest BCUT2D eigenvalue weighted by Gasteiger charge is -2.25. The molecule has 3 aromatic carbocycles. The summed E-state index contributed by atoms with van der Waals surface area (Å²) in [6, 6.07) is 23.0. The van der Waals surface area contributed by atoms with E-state index in [1.54, 1.807) is 74.5 Å². The van der Waals surface area contributed by atoms with E-state index < -0.39 is 11.2 Å². The number of hydrogen-bond acceptors (Lipinski definition) is 4. The molecular weight excluding hydrogens is 414 g/mol. The molecule has 31 heavy (non-hydrogen) atoms. The van der Waals surface area contributed by atoms with E-state index in [0.717, 1.165) is 5.39 Å². The Labute approximate surface area is 184 Å². The molecule has 0 bridgehead atoms. The summed E-state index contributed by atoms with van der Waals surface area (Å²) >= 11 is 5.90. The molecule has 5 nitrogen and oxygen atoms in total. The van der Waals surface area contributed by atoms with Crippen LogP contribution in [0.2, 0.25) is 5.02 Å². The highest BCUT2D eigenvalue weighted by Gasteiger charge is 2.30. The van der Waals surface area contributed by atoms with E-state index >= 15 is 0 Å². The van der Waals surface area contributed by atoms with Crippen LogP contribution in [0, 0.1) is 0 Å². The van der Waals surface area contributed by atoms with Crippen molar-refractivity contribution >= 4 is 34.2 Å².